The summed E-state index contributed by atoms with van der Waals surface area (Å²) < 4.78 is 1.91. The highest BCUT2D eigenvalue weighted by Crippen LogP contribution is 2.26. The summed E-state index contributed by atoms with van der Waals surface area (Å²) in [6, 6.07) is 11.8. The van der Waals surface area contributed by atoms with E-state index < -0.39 is 0 Å². The third kappa shape index (κ3) is 5.25. The first-order valence-corrected chi connectivity index (χ1v) is 8.21. The fourth-order valence-electron chi connectivity index (χ4n) is 1.14. The topological polar surface area (TPSA) is 32.7 Å². The second-order valence-corrected chi connectivity index (χ2v) is 7.12. The monoisotopic (exact) mass is 424 g/mol. The number of nitrogens with zero attached hydrogens (tertiary/aromatic N) is 2. The second kappa shape index (κ2) is 8.03. The molecule has 0 aliphatic carbocycles. The van der Waals surface area contributed by atoms with Crippen molar-refractivity contribution in [3.63, 3.8) is 0 Å². The van der Waals surface area contributed by atoms with Crippen molar-refractivity contribution in [1.29, 1.82) is 0 Å². The Morgan fingerprint density at radius 1 is 1.21 bits per heavy atom. The highest BCUT2D eigenvalue weighted by molar-refractivity contribution is 14.0. The highest BCUT2D eigenvalue weighted by atomic mass is 127. The van der Waals surface area contributed by atoms with Crippen LogP contribution in [0, 0.1) is 0 Å². The molecular weight excluding hydrogens is 411 g/mol. The molecule has 1 aromatic heterocycles. The minimum Gasteiger partial charge on any atom is -0.339 e. The minimum atomic E-state index is 0. The first-order chi connectivity index (χ1) is 8.65. The van der Waals surface area contributed by atoms with E-state index in [0.29, 0.717) is 0 Å². The zero-order chi connectivity index (χ0) is 13.0. The van der Waals surface area contributed by atoms with Gasteiger partial charge in [-0.3, -0.25) is 4.79 Å². The predicted octanol–water partition coefficient (Wildman–Crippen LogP) is 4.43. The van der Waals surface area contributed by atoms with Crippen LogP contribution in [-0.4, -0.2) is 24.2 Å². The third-order valence-corrected chi connectivity index (χ3v) is 5.72. The maximum Gasteiger partial charge on any atom is 0.286 e. The molecule has 19 heavy (non-hydrogen) atoms. The van der Waals surface area contributed by atoms with Gasteiger partial charge in [-0.1, -0.05) is 38.9 Å². The molecule has 3 nitrogen and oxygen atoms in total. The van der Waals surface area contributed by atoms with E-state index in [4.69, 9.17) is 0 Å². The first-order valence-electron chi connectivity index (χ1n) is 5.24. The van der Waals surface area contributed by atoms with Crippen LogP contribution in [0.5, 0.6) is 0 Å². The van der Waals surface area contributed by atoms with Crippen LogP contribution in [0.25, 0.3) is 0 Å². The van der Waals surface area contributed by atoms with Crippen molar-refractivity contribution in [3.8, 4) is 0 Å². The average molecular weight is 424 g/mol. The number of benzene rings is 1. The van der Waals surface area contributed by atoms with Crippen LogP contribution in [-0.2, 0) is 0 Å². The van der Waals surface area contributed by atoms with Crippen LogP contribution in [0.1, 0.15) is 0 Å². The average Bonchev–Trinajstić information content (AvgIpc) is 2.77. The minimum absolute atomic E-state index is 0. The van der Waals surface area contributed by atoms with Gasteiger partial charge in [0.15, 0.2) is 0 Å². The van der Waals surface area contributed by atoms with Gasteiger partial charge < -0.3 is 4.90 Å². The van der Waals surface area contributed by atoms with Gasteiger partial charge in [0.05, 0.1) is 9.90 Å². The summed E-state index contributed by atoms with van der Waals surface area (Å²) in [6.45, 7) is 0. The van der Waals surface area contributed by atoms with E-state index in [1.54, 1.807) is 39.7 Å². The summed E-state index contributed by atoms with van der Waals surface area (Å²) in [6.07, 6.45) is 0. The number of thioether (sulfide) groups is 1. The van der Waals surface area contributed by atoms with Crippen LogP contribution in [0.15, 0.2) is 45.6 Å². The molecule has 0 aliphatic heterocycles. The Kier molecular flexibility index (Phi) is 7.05. The van der Waals surface area contributed by atoms with E-state index >= 15 is 0 Å². The molecule has 0 saturated carbocycles. The van der Waals surface area contributed by atoms with Crippen molar-refractivity contribution in [2.24, 2.45) is 4.99 Å². The van der Waals surface area contributed by atoms with Crippen molar-refractivity contribution in [3.05, 3.63) is 41.1 Å². The summed E-state index contributed by atoms with van der Waals surface area (Å²) in [7, 11) is 6.66. The summed E-state index contributed by atoms with van der Waals surface area (Å²) >= 11 is 1.24. The van der Waals surface area contributed by atoms with E-state index in [-0.39, 0.29) is 29.2 Å². The van der Waals surface area contributed by atoms with E-state index in [0.717, 1.165) is 14.6 Å². The lowest BCUT2D eigenvalue weighted by Crippen LogP contribution is -2.15. The lowest BCUT2D eigenvalue weighted by Gasteiger charge is -2.06. The molecule has 0 radical (unpaired) electrons. The fourth-order valence-corrected chi connectivity index (χ4v) is 4.31. The van der Waals surface area contributed by atoms with Crippen molar-refractivity contribution >= 4 is 67.3 Å². The van der Waals surface area contributed by atoms with Gasteiger partial charge in [-0.15, -0.1) is 24.0 Å². The molecule has 0 fully saturated rings. The SMILES string of the molecule is CN(C)C(=O)Sc1c/c(=N/c2ccccc2)ss1.I. The number of carbonyl (C=O) groups is 1. The van der Waals surface area contributed by atoms with Gasteiger partial charge in [-0.05, 0) is 30.0 Å². The Labute approximate surface area is 140 Å². The molecule has 0 spiro atoms. The standard InChI is InChI=1S/C12H12N2OS3.HI/c1-14(2)12(15)16-11-8-10(17-18-11)13-9-6-4-3-5-7-9;/h3-8H,1-2H3;1H/b13-10-;. The van der Waals surface area contributed by atoms with E-state index in [1.165, 1.54) is 11.8 Å². The molecule has 0 unspecified atom stereocenters. The number of amides is 1. The lowest BCUT2D eigenvalue weighted by molar-refractivity contribution is 0.241. The highest BCUT2D eigenvalue weighted by Gasteiger charge is 2.08. The van der Waals surface area contributed by atoms with Gasteiger partial charge in [-0.25, -0.2) is 4.99 Å². The number of hydrogen-bond acceptors (Lipinski definition) is 5. The van der Waals surface area contributed by atoms with Gasteiger partial charge in [0.25, 0.3) is 5.24 Å². The number of rotatable bonds is 2. The molecule has 1 aromatic carbocycles. The van der Waals surface area contributed by atoms with Crippen molar-refractivity contribution in [1.82, 2.24) is 4.90 Å². The summed E-state index contributed by atoms with van der Waals surface area (Å²) in [5.41, 5.74) is 0.932. The van der Waals surface area contributed by atoms with Crippen LogP contribution in [0.2, 0.25) is 0 Å². The molecule has 0 N–H and O–H groups in total. The van der Waals surface area contributed by atoms with Gasteiger partial charge in [0.2, 0.25) is 0 Å². The predicted molar refractivity (Wildman–Crippen MR) is 94.2 cm³/mol. The summed E-state index contributed by atoms with van der Waals surface area (Å²) in [5, 5.41) is 0.0373. The van der Waals surface area contributed by atoms with E-state index in [1.807, 2.05) is 36.4 Å². The molecule has 0 saturated heterocycles. The molecule has 1 heterocycles. The van der Waals surface area contributed by atoms with Crippen molar-refractivity contribution in [2.45, 2.75) is 4.21 Å². The maximum absolute atomic E-state index is 11.5. The van der Waals surface area contributed by atoms with E-state index in [2.05, 4.69) is 4.99 Å². The molecule has 2 rings (SSSR count). The first kappa shape index (κ1) is 16.7. The van der Waals surface area contributed by atoms with E-state index in [9.17, 15) is 4.79 Å². The van der Waals surface area contributed by atoms with Crippen molar-refractivity contribution in [2.75, 3.05) is 14.1 Å². The Balaban J connectivity index is 0.00000180. The Bertz CT molecular complexity index is 592. The Morgan fingerprint density at radius 2 is 1.89 bits per heavy atom. The maximum atomic E-state index is 11.5. The summed E-state index contributed by atoms with van der Waals surface area (Å²) in [4.78, 5) is 17.6. The Morgan fingerprint density at radius 3 is 2.53 bits per heavy atom. The van der Waals surface area contributed by atoms with Gasteiger partial charge in [0.1, 0.15) is 4.67 Å². The Hall–Kier alpha value is -0.380. The molecule has 1 amide bonds. The zero-order valence-corrected chi connectivity index (χ0v) is 15.2. The summed E-state index contributed by atoms with van der Waals surface area (Å²) in [5.74, 6) is 0. The molecular formula is C12H13IN2OS3. The second-order valence-electron chi connectivity index (χ2n) is 3.68. The third-order valence-electron chi connectivity index (χ3n) is 2.00. The molecule has 2 aromatic rings. The van der Waals surface area contributed by atoms with Gasteiger partial charge in [0, 0.05) is 14.1 Å². The zero-order valence-electron chi connectivity index (χ0n) is 10.4. The van der Waals surface area contributed by atoms with Crippen LogP contribution in [0.3, 0.4) is 0 Å². The number of carbonyl (C=O) groups excluding carboxylic acids is 1. The van der Waals surface area contributed by atoms with Crippen molar-refractivity contribution < 1.29 is 4.79 Å². The largest absolute Gasteiger partial charge is 0.339 e. The van der Waals surface area contributed by atoms with Crippen LogP contribution < -0.4 is 4.67 Å². The molecule has 102 valence electrons. The number of hydrogen-bond donors (Lipinski definition) is 0. The lowest BCUT2D eigenvalue weighted by atomic mass is 10.3. The number of para-hydroxylation sites is 1. The fraction of sp³-hybridized carbons (Fsp3) is 0.167. The van der Waals surface area contributed by atoms with Crippen LogP contribution in [0.4, 0.5) is 10.5 Å². The number of halogens is 1. The van der Waals surface area contributed by atoms with Gasteiger partial charge in [-0.2, -0.15) is 0 Å². The normalized spacial score (nSPS) is 10.9. The molecule has 0 aliphatic rings. The molecule has 0 atom stereocenters. The molecule has 7 heteroatoms. The van der Waals surface area contributed by atoms with Crippen LogP contribution >= 0.6 is 56.4 Å². The smallest absolute Gasteiger partial charge is 0.286 e. The van der Waals surface area contributed by atoms with Gasteiger partial charge >= 0.3 is 0 Å². The molecule has 0 bridgehead atoms. The quantitative estimate of drug-likeness (QED) is 0.406.